The number of benzene rings is 1. The minimum atomic E-state index is -0.774. The summed E-state index contributed by atoms with van der Waals surface area (Å²) in [5.74, 6) is 0.920. The molecule has 1 saturated heterocycles. The van der Waals surface area contributed by atoms with E-state index in [1.165, 1.54) is 0 Å². The van der Waals surface area contributed by atoms with Crippen LogP contribution in [0.1, 0.15) is 11.1 Å². The fourth-order valence-corrected chi connectivity index (χ4v) is 5.50. The normalized spacial score (nSPS) is 28.8. The first-order chi connectivity index (χ1) is 10.5. The van der Waals surface area contributed by atoms with E-state index in [1.807, 2.05) is 37.1 Å². The van der Waals surface area contributed by atoms with Crippen LogP contribution in [0.4, 0.5) is 0 Å². The van der Waals surface area contributed by atoms with Crippen LogP contribution in [0.3, 0.4) is 0 Å². The lowest BCUT2D eigenvalue weighted by atomic mass is 10.1. The number of carboxylic acids is 1. The fraction of sp³-hybridized carbons (Fsp3) is 0.467. The predicted octanol–water partition coefficient (Wildman–Crippen LogP) is 2.02. The first-order valence-corrected chi connectivity index (χ1v) is 9.08. The van der Waals surface area contributed by atoms with Gasteiger partial charge in [0.1, 0.15) is 16.8 Å². The number of aliphatic carboxylic acids is 1. The van der Waals surface area contributed by atoms with Gasteiger partial charge < -0.3 is 10.2 Å². The highest BCUT2D eigenvalue weighted by atomic mass is 32.2. The quantitative estimate of drug-likeness (QED) is 0.878. The van der Waals surface area contributed by atoms with Crippen LogP contribution in [0.25, 0.3) is 0 Å². The molecule has 1 aromatic carbocycles. The van der Waals surface area contributed by atoms with Crippen molar-refractivity contribution in [1.29, 1.82) is 0 Å². The molecule has 0 aromatic heterocycles. The molecule has 22 heavy (non-hydrogen) atoms. The van der Waals surface area contributed by atoms with E-state index >= 15 is 0 Å². The van der Waals surface area contributed by atoms with E-state index in [1.54, 1.807) is 23.5 Å². The monoisotopic (exact) mass is 338 g/mol. The Hall–Kier alpha value is -1.18. The summed E-state index contributed by atoms with van der Waals surface area (Å²) in [5, 5.41) is 20.3. The van der Waals surface area contributed by atoms with Crippen LogP contribution in [0.2, 0.25) is 0 Å². The molecule has 1 aromatic rings. The molecule has 0 saturated carbocycles. The number of carbonyl (C=O) groups is 1. The second-order valence-electron chi connectivity index (χ2n) is 5.53. The maximum atomic E-state index is 11.2. The molecule has 2 N–H and O–H groups in total. The van der Waals surface area contributed by atoms with Gasteiger partial charge in [0.25, 0.3) is 0 Å². The molecule has 0 amide bonds. The number of phenolic OH excluding ortho intramolecular Hbond substituents is 1. The van der Waals surface area contributed by atoms with Gasteiger partial charge in [0.05, 0.1) is 11.4 Å². The van der Waals surface area contributed by atoms with Crippen LogP contribution < -0.4 is 0 Å². The number of carboxylic acid groups (broad SMARTS) is 1. The summed E-state index contributed by atoms with van der Waals surface area (Å²) in [6, 6.07) is 5.28. The minimum Gasteiger partial charge on any atom is -0.507 e. The lowest BCUT2D eigenvalue weighted by Gasteiger charge is -2.24. The summed E-state index contributed by atoms with van der Waals surface area (Å²) in [7, 11) is 1.85. The maximum Gasteiger partial charge on any atom is 0.321 e. The van der Waals surface area contributed by atoms with E-state index in [9.17, 15) is 15.0 Å². The largest absolute Gasteiger partial charge is 0.507 e. The van der Waals surface area contributed by atoms with Crippen molar-refractivity contribution in [3.63, 3.8) is 0 Å². The Kier molecular flexibility index (Phi) is 4.38. The smallest absolute Gasteiger partial charge is 0.321 e. The van der Waals surface area contributed by atoms with Gasteiger partial charge in [-0.2, -0.15) is 0 Å². The van der Waals surface area contributed by atoms with Gasteiger partial charge in [-0.05, 0) is 25.6 Å². The van der Waals surface area contributed by atoms with Gasteiger partial charge >= 0.3 is 5.97 Å². The number of para-hydroxylation sites is 1. The molecule has 1 unspecified atom stereocenters. The number of phenols is 1. The first-order valence-electron chi connectivity index (χ1n) is 7.05. The Morgan fingerprint density at radius 3 is 2.86 bits per heavy atom. The van der Waals surface area contributed by atoms with Crippen LogP contribution in [0.15, 0.2) is 23.2 Å². The van der Waals surface area contributed by atoms with Crippen LogP contribution in [-0.4, -0.2) is 62.1 Å². The van der Waals surface area contributed by atoms with E-state index in [2.05, 4.69) is 0 Å². The standard InChI is InChI=1S/C15H18N2O3S2/c1-8-4-3-5-9(12(8)18)13-16-10(6-21-13)14-17(2)11(7-22-14)15(19)20/h3-5,10-11,14,18H,6-7H2,1-2H3,(H,19,20)/t10-,11+,14?/m0/s1. The second-order valence-corrected chi connectivity index (χ2v) is 7.69. The fourth-order valence-electron chi connectivity index (χ4n) is 2.74. The van der Waals surface area contributed by atoms with Crippen molar-refractivity contribution in [2.24, 2.45) is 4.99 Å². The number of aryl methyl sites for hydroxylation is 1. The molecule has 0 spiro atoms. The topological polar surface area (TPSA) is 73.1 Å². The minimum absolute atomic E-state index is 0.0549. The number of aliphatic imine (C=N–C) groups is 1. The third-order valence-electron chi connectivity index (χ3n) is 4.07. The highest BCUT2D eigenvalue weighted by Gasteiger charge is 2.41. The van der Waals surface area contributed by atoms with E-state index in [0.717, 1.165) is 21.9 Å². The van der Waals surface area contributed by atoms with Crippen molar-refractivity contribution in [2.75, 3.05) is 18.6 Å². The molecule has 5 nitrogen and oxygen atoms in total. The van der Waals surface area contributed by atoms with E-state index in [4.69, 9.17) is 4.99 Å². The van der Waals surface area contributed by atoms with Crippen LogP contribution in [0.5, 0.6) is 5.75 Å². The molecule has 1 fully saturated rings. The Morgan fingerprint density at radius 2 is 2.18 bits per heavy atom. The SMILES string of the molecule is Cc1cccc(C2=N[C@H](C3SC[C@H](C(=O)O)N3C)CS2)c1O. The third-order valence-corrected chi connectivity index (χ3v) is 6.68. The summed E-state index contributed by atoms with van der Waals surface area (Å²) in [6.07, 6.45) is 0. The van der Waals surface area contributed by atoms with E-state index in [0.29, 0.717) is 5.75 Å². The first kappa shape index (κ1) is 15.7. The second kappa shape index (κ2) is 6.14. The van der Waals surface area contributed by atoms with Crippen LogP contribution >= 0.6 is 23.5 Å². The van der Waals surface area contributed by atoms with Gasteiger partial charge in [0, 0.05) is 17.1 Å². The summed E-state index contributed by atoms with van der Waals surface area (Å²) in [4.78, 5) is 17.9. The number of hydrogen-bond donors (Lipinski definition) is 2. The average molecular weight is 338 g/mol. The van der Waals surface area contributed by atoms with Crippen molar-refractivity contribution in [2.45, 2.75) is 24.4 Å². The summed E-state index contributed by atoms with van der Waals surface area (Å²) in [5.41, 5.74) is 1.61. The zero-order valence-corrected chi connectivity index (χ0v) is 14.0. The summed E-state index contributed by atoms with van der Waals surface area (Å²) >= 11 is 3.28. The molecule has 0 radical (unpaired) electrons. The molecule has 3 rings (SSSR count). The molecule has 0 bridgehead atoms. The summed E-state index contributed by atoms with van der Waals surface area (Å²) in [6.45, 7) is 1.87. The number of nitrogens with zero attached hydrogens (tertiary/aromatic N) is 2. The Bertz CT molecular complexity index is 635. The number of rotatable bonds is 3. The van der Waals surface area contributed by atoms with E-state index in [-0.39, 0.29) is 17.2 Å². The highest BCUT2D eigenvalue weighted by molar-refractivity contribution is 8.14. The number of aromatic hydroxyl groups is 1. The van der Waals surface area contributed by atoms with Crippen LogP contribution in [-0.2, 0) is 4.79 Å². The number of thioether (sulfide) groups is 2. The lowest BCUT2D eigenvalue weighted by Crippen LogP contribution is -2.42. The maximum absolute atomic E-state index is 11.2. The molecule has 2 aliphatic heterocycles. The molecule has 3 atom stereocenters. The van der Waals surface area contributed by atoms with Gasteiger partial charge in [-0.1, -0.05) is 12.1 Å². The zero-order valence-electron chi connectivity index (χ0n) is 12.4. The van der Waals surface area contributed by atoms with Gasteiger partial charge in [0.2, 0.25) is 0 Å². The number of hydrogen-bond acceptors (Lipinski definition) is 6. The van der Waals surface area contributed by atoms with Crippen molar-refractivity contribution in [1.82, 2.24) is 4.90 Å². The van der Waals surface area contributed by atoms with Gasteiger partial charge in [-0.25, -0.2) is 0 Å². The molecule has 7 heteroatoms. The zero-order chi connectivity index (χ0) is 15.9. The average Bonchev–Trinajstić information content (AvgIpc) is 3.08. The summed E-state index contributed by atoms with van der Waals surface area (Å²) < 4.78 is 0. The van der Waals surface area contributed by atoms with Crippen molar-refractivity contribution in [3.8, 4) is 5.75 Å². The lowest BCUT2D eigenvalue weighted by molar-refractivity contribution is -0.141. The molecule has 2 aliphatic rings. The molecule has 2 heterocycles. The molecule has 0 aliphatic carbocycles. The predicted molar refractivity (Wildman–Crippen MR) is 91.1 cm³/mol. The Balaban J connectivity index is 1.80. The van der Waals surface area contributed by atoms with Crippen molar-refractivity contribution < 1.29 is 15.0 Å². The van der Waals surface area contributed by atoms with Crippen molar-refractivity contribution in [3.05, 3.63) is 29.3 Å². The molecule has 118 valence electrons. The van der Waals surface area contributed by atoms with Crippen LogP contribution in [0, 0.1) is 6.92 Å². The number of likely N-dealkylation sites (N-methyl/N-ethyl adjacent to an activating group) is 1. The third kappa shape index (κ3) is 2.73. The molecular weight excluding hydrogens is 320 g/mol. The molecular formula is C15H18N2O3S2. The van der Waals surface area contributed by atoms with E-state index < -0.39 is 12.0 Å². The van der Waals surface area contributed by atoms with Gasteiger partial charge in [-0.15, -0.1) is 23.5 Å². The van der Waals surface area contributed by atoms with Gasteiger partial charge in [0.15, 0.2) is 0 Å². The Labute approximate surface area is 137 Å². The van der Waals surface area contributed by atoms with Crippen molar-refractivity contribution >= 4 is 34.5 Å². The van der Waals surface area contributed by atoms with Gasteiger partial charge in [-0.3, -0.25) is 14.7 Å². The highest BCUT2D eigenvalue weighted by Crippen LogP contribution is 2.38. The Morgan fingerprint density at radius 1 is 1.41 bits per heavy atom.